The van der Waals surface area contributed by atoms with E-state index < -0.39 is 0 Å². The Balaban J connectivity index is 2.18. The molecule has 3 heteroatoms. The Bertz CT molecular complexity index is 535. The van der Waals surface area contributed by atoms with E-state index in [9.17, 15) is 0 Å². The Hall–Kier alpha value is -1.35. The molecule has 0 saturated heterocycles. The summed E-state index contributed by atoms with van der Waals surface area (Å²) in [4.78, 5) is 4.70. The van der Waals surface area contributed by atoms with Crippen molar-refractivity contribution in [3.8, 4) is 0 Å². The average Bonchev–Trinajstić information content (AvgIpc) is 3.04. The Morgan fingerprint density at radius 2 is 2.19 bits per heavy atom. The van der Waals surface area contributed by atoms with E-state index in [0.29, 0.717) is 5.92 Å². The maximum Gasteiger partial charge on any atom is 0.137 e. The third-order valence-corrected chi connectivity index (χ3v) is 3.41. The third kappa shape index (κ3) is 1.43. The van der Waals surface area contributed by atoms with Crippen molar-refractivity contribution in [2.45, 2.75) is 38.6 Å². The molecular formula is C13H17N3. The number of imidazole rings is 1. The fraction of sp³-hybridized carbons (Fsp3) is 0.462. The summed E-state index contributed by atoms with van der Waals surface area (Å²) in [7, 11) is 0. The molecule has 1 saturated carbocycles. The van der Waals surface area contributed by atoms with Crippen molar-refractivity contribution in [2.75, 3.05) is 0 Å². The Kier molecular flexibility index (Phi) is 2.04. The fourth-order valence-electron chi connectivity index (χ4n) is 2.21. The number of aromatic nitrogens is 2. The number of nitrogens with zero attached hydrogens (tertiary/aromatic N) is 2. The highest BCUT2D eigenvalue weighted by atomic mass is 15.0. The van der Waals surface area contributed by atoms with Crippen LogP contribution in [0, 0.1) is 6.92 Å². The third-order valence-electron chi connectivity index (χ3n) is 3.41. The van der Waals surface area contributed by atoms with Crippen LogP contribution in [0.2, 0.25) is 0 Å². The fourth-order valence-corrected chi connectivity index (χ4v) is 2.21. The molecule has 1 fully saturated rings. The first-order valence-electron chi connectivity index (χ1n) is 5.91. The lowest BCUT2D eigenvalue weighted by atomic mass is 10.1. The largest absolute Gasteiger partial charge is 0.324 e. The van der Waals surface area contributed by atoms with E-state index >= 15 is 0 Å². The summed E-state index contributed by atoms with van der Waals surface area (Å²) in [5.41, 5.74) is 10.7. The summed E-state index contributed by atoms with van der Waals surface area (Å²) < 4.78 is 2.17. The minimum atomic E-state index is 0.0792. The molecule has 2 aromatic rings. The first kappa shape index (κ1) is 9.85. The highest BCUT2D eigenvalue weighted by Crippen LogP contribution is 2.41. The zero-order valence-electron chi connectivity index (χ0n) is 9.77. The molecular weight excluding hydrogens is 198 g/mol. The zero-order valence-corrected chi connectivity index (χ0v) is 9.77. The van der Waals surface area contributed by atoms with Crippen LogP contribution in [-0.2, 0) is 0 Å². The van der Waals surface area contributed by atoms with E-state index in [1.54, 1.807) is 0 Å². The van der Waals surface area contributed by atoms with Gasteiger partial charge in [-0.1, -0.05) is 6.07 Å². The van der Waals surface area contributed by atoms with Gasteiger partial charge in [0.1, 0.15) is 5.65 Å². The van der Waals surface area contributed by atoms with Gasteiger partial charge >= 0.3 is 0 Å². The highest BCUT2D eigenvalue weighted by molar-refractivity contribution is 5.46. The summed E-state index contributed by atoms with van der Waals surface area (Å²) in [6.07, 6.45) is 4.71. The molecule has 3 nitrogen and oxygen atoms in total. The van der Waals surface area contributed by atoms with E-state index in [0.717, 1.165) is 11.2 Å². The van der Waals surface area contributed by atoms with Crippen LogP contribution < -0.4 is 5.73 Å². The summed E-state index contributed by atoms with van der Waals surface area (Å²) in [6.45, 7) is 4.16. The van der Waals surface area contributed by atoms with Crippen molar-refractivity contribution >= 4 is 5.65 Å². The number of hydrogen-bond donors (Lipinski definition) is 1. The molecule has 1 atom stereocenters. The molecule has 3 rings (SSSR count). The number of hydrogen-bond acceptors (Lipinski definition) is 2. The quantitative estimate of drug-likeness (QED) is 0.836. The van der Waals surface area contributed by atoms with Crippen LogP contribution in [0.4, 0.5) is 0 Å². The molecule has 1 aliphatic rings. The van der Waals surface area contributed by atoms with Gasteiger partial charge in [0.15, 0.2) is 0 Å². The second-order valence-corrected chi connectivity index (χ2v) is 4.84. The van der Waals surface area contributed by atoms with E-state index in [-0.39, 0.29) is 6.04 Å². The molecule has 2 heterocycles. The maximum atomic E-state index is 5.90. The Morgan fingerprint density at radius 3 is 2.81 bits per heavy atom. The van der Waals surface area contributed by atoms with Crippen molar-refractivity contribution in [3.63, 3.8) is 0 Å². The van der Waals surface area contributed by atoms with Crippen molar-refractivity contribution in [2.24, 2.45) is 5.73 Å². The van der Waals surface area contributed by atoms with Gasteiger partial charge in [-0.25, -0.2) is 4.98 Å². The first-order chi connectivity index (χ1) is 7.66. The zero-order chi connectivity index (χ0) is 11.3. The van der Waals surface area contributed by atoms with Gasteiger partial charge < -0.3 is 10.1 Å². The number of fused-ring (bicyclic) bond motifs is 1. The van der Waals surface area contributed by atoms with Crippen molar-refractivity contribution < 1.29 is 0 Å². The lowest BCUT2D eigenvalue weighted by molar-refractivity contribution is 0.806. The van der Waals surface area contributed by atoms with Gasteiger partial charge in [0.2, 0.25) is 0 Å². The van der Waals surface area contributed by atoms with Crippen molar-refractivity contribution in [1.29, 1.82) is 0 Å². The average molecular weight is 215 g/mol. The lowest BCUT2D eigenvalue weighted by Crippen LogP contribution is -2.06. The molecule has 0 aromatic carbocycles. The van der Waals surface area contributed by atoms with Gasteiger partial charge in [-0.05, 0) is 38.3 Å². The predicted octanol–water partition coefficient (Wildman–Crippen LogP) is 2.54. The molecule has 2 N–H and O–H groups in total. The second-order valence-electron chi connectivity index (χ2n) is 4.84. The molecule has 1 unspecified atom stereocenters. The van der Waals surface area contributed by atoms with Crippen LogP contribution in [0.15, 0.2) is 18.3 Å². The smallest absolute Gasteiger partial charge is 0.137 e. The van der Waals surface area contributed by atoms with E-state index in [2.05, 4.69) is 29.7 Å². The van der Waals surface area contributed by atoms with Gasteiger partial charge in [-0.2, -0.15) is 0 Å². The van der Waals surface area contributed by atoms with Crippen LogP contribution in [0.25, 0.3) is 5.65 Å². The van der Waals surface area contributed by atoms with Gasteiger partial charge in [0, 0.05) is 23.9 Å². The minimum Gasteiger partial charge on any atom is -0.324 e. The van der Waals surface area contributed by atoms with E-state index in [1.807, 2.05) is 6.92 Å². The van der Waals surface area contributed by atoms with Gasteiger partial charge in [-0.15, -0.1) is 0 Å². The monoisotopic (exact) mass is 215 g/mol. The molecule has 0 amide bonds. The van der Waals surface area contributed by atoms with Gasteiger partial charge in [0.25, 0.3) is 0 Å². The normalized spacial score (nSPS) is 17.9. The predicted molar refractivity (Wildman–Crippen MR) is 64.5 cm³/mol. The summed E-state index contributed by atoms with van der Waals surface area (Å²) in [5, 5.41) is 0. The van der Waals surface area contributed by atoms with Crippen LogP contribution in [0.3, 0.4) is 0 Å². The minimum absolute atomic E-state index is 0.0792. The summed E-state index contributed by atoms with van der Waals surface area (Å²) in [5.74, 6) is 0.707. The highest BCUT2D eigenvalue weighted by Gasteiger charge is 2.28. The van der Waals surface area contributed by atoms with Crippen molar-refractivity contribution in [3.05, 3.63) is 35.3 Å². The molecule has 84 valence electrons. The molecule has 0 spiro atoms. The number of aryl methyl sites for hydroxylation is 1. The Morgan fingerprint density at radius 1 is 1.44 bits per heavy atom. The number of rotatable bonds is 2. The van der Waals surface area contributed by atoms with Crippen LogP contribution in [-0.4, -0.2) is 9.38 Å². The van der Waals surface area contributed by atoms with Gasteiger partial charge in [0.05, 0.1) is 5.69 Å². The number of nitrogens with two attached hydrogens (primary N) is 1. The van der Waals surface area contributed by atoms with Crippen LogP contribution in [0.5, 0.6) is 0 Å². The lowest BCUT2D eigenvalue weighted by Gasteiger charge is -2.06. The van der Waals surface area contributed by atoms with E-state index in [1.165, 1.54) is 24.2 Å². The molecule has 0 bridgehead atoms. The second kappa shape index (κ2) is 3.32. The Labute approximate surface area is 95.3 Å². The SMILES string of the molecule is Cc1c(C2CC2)nc2ccc(C(C)N)cn12. The summed E-state index contributed by atoms with van der Waals surface area (Å²) >= 11 is 0. The summed E-state index contributed by atoms with van der Waals surface area (Å²) in [6, 6.07) is 4.22. The molecule has 16 heavy (non-hydrogen) atoms. The molecule has 0 radical (unpaired) electrons. The molecule has 0 aliphatic heterocycles. The maximum absolute atomic E-state index is 5.90. The van der Waals surface area contributed by atoms with Crippen molar-refractivity contribution in [1.82, 2.24) is 9.38 Å². The van der Waals surface area contributed by atoms with Crippen LogP contribution >= 0.6 is 0 Å². The topological polar surface area (TPSA) is 43.3 Å². The number of pyridine rings is 1. The van der Waals surface area contributed by atoms with E-state index in [4.69, 9.17) is 10.7 Å². The standard InChI is InChI=1S/C13H17N3/c1-8(14)11-5-6-12-15-13(10-3-4-10)9(2)16(12)7-11/h5-8,10H,3-4,14H2,1-2H3. The molecule has 2 aromatic heterocycles. The van der Waals surface area contributed by atoms with Crippen LogP contribution in [0.1, 0.15) is 48.7 Å². The molecule has 1 aliphatic carbocycles. The van der Waals surface area contributed by atoms with Gasteiger partial charge in [-0.3, -0.25) is 0 Å². The first-order valence-corrected chi connectivity index (χ1v) is 5.91.